The van der Waals surface area contributed by atoms with Crippen LogP contribution in [0.15, 0.2) is 34.9 Å². The molecule has 1 saturated heterocycles. The molecule has 1 atom stereocenters. The fourth-order valence-corrected chi connectivity index (χ4v) is 3.17. The molecule has 1 fully saturated rings. The summed E-state index contributed by atoms with van der Waals surface area (Å²) < 4.78 is 4.96. The molecule has 0 spiro atoms. The average Bonchev–Trinajstić information content (AvgIpc) is 3.01. The zero-order chi connectivity index (χ0) is 17.8. The number of anilines is 1. The van der Waals surface area contributed by atoms with E-state index in [0.717, 1.165) is 31.5 Å². The molecule has 2 heterocycles. The maximum absolute atomic E-state index is 12.3. The second-order valence-electron chi connectivity index (χ2n) is 6.81. The predicted molar refractivity (Wildman–Crippen MR) is 95.2 cm³/mol. The third-order valence-electron chi connectivity index (χ3n) is 4.73. The van der Waals surface area contributed by atoms with E-state index in [1.54, 1.807) is 13.0 Å². The van der Waals surface area contributed by atoms with Crippen LogP contribution in [0.2, 0.25) is 0 Å². The number of β-amino-alcohol motifs (C(OH)–C–C–N with tert-alkyl or cyclic N) is 1. The van der Waals surface area contributed by atoms with Gasteiger partial charge in [-0.2, -0.15) is 0 Å². The first-order chi connectivity index (χ1) is 12.0. The number of carbonyl (C=O) groups excluding carboxylic acids is 1. The topological polar surface area (TPSA) is 78.6 Å². The van der Waals surface area contributed by atoms with Gasteiger partial charge in [0.05, 0.1) is 6.10 Å². The number of carbonyl (C=O) groups is 1. The van der Waals surface area contributed by atoms with E-state index in [0.29, 0.717) is 18.1 Å². The Bertz CT molecular complexity index is 703. The van der Waals surface area contributed by atoms with Crippen molar-refractivity contribution in [3.05, 3.63) is 47.2 Å². The lowest BCUT2D eigenvalue weighted by Gasteiger charge is -2.32. The minimum Gasteiger partial charge on any atom is -0.387 e. The molecule has 6 heteroatoms. The Labute approximate surface area is 147 Å². The third-order valence-corrected chi connectivity index (χ3v) is 4.73. The number of hydrogen-bond donors (Lipinski definition) is 2. The first kappa shape index (κ1) is 17.6. The molecular weight excluding hydrogens is 318 g/mol. The second kappa shape index (κ2) is 7.80. The van der Waals surface area contributed by atoms with Crippen molar-refractivity contribution >= 4 is 11.7 Å². The predicted octanol–water partition coefficient (Wildman–Crippen LogP) is 2.68. The van der Waals surface area contributed by atoms with Crippen LogP contribution in [-0.2, 0) is 4.79 Å². The van der Waals surface area contributed by atoms with Gasteiger partial charge in [-0.3, -0.25) is 4.79 Å². The van der Waals surface area contributed by atoms with Gasteiger partial charge in [-0.25, -0.2) is 0 Å². The second-order valence-corrected chi connectivity index (χ2v) is 6.81. The summed E-state index contributed by atoms with van der Waals surface area (Å²) in [4.78, 5) is 14.5. The summed E-state index contributed by atoms with van der Waals surface area (Å²) in [5.74, 6) is 1.12. The van der Waals surface area contributed by atoms with Crippen LogP contribution in [0.25, 0.3) is 0 Å². The van der Waals surface area contributed by atoms with Crippen LogP contribution in [0.4, 0.5) is 5.82 Å². The summed E-state index contributed by atoms with van der Waals surface area (Å²) in [5.41, 5.74) is 2.12. The fraction of sp³-hybridized carbons (Fsp3) is 0.474. The van der Waals surface area contributed by atoms with Crippen LogP contribution in [0, 0.1) is 19.8 Å². The maximum atomic E-state index is 12.3. The number of aliphatic hydroxyl groups excluding tert-OH is 1. The Balaban J connectivity index is 1.46. The molecule has 1 aromatic heterocycles. The summed E-state index contributed by atoms with van der Waals surface area (Å²) in [7, 11) is 0. The van der Waals surface area contributed by atoms with E-state index in [2.05, 4.69) is 15.4 Å². The number of aryl methyl sites for hydroxylation is 2. The number of aliphatic hydroxyl groups is 1. The highest BCUT2D eigenvalue weighted by Crippen LogP contribution is 2.22. The van der Waals surface area contributed by atoms with Gasteiger partial charge in [0.15, 0.2) is 5.82 Å². The molecule has 1 amide bonds. The van der Waals surface area contributed by atoms with Gasteiger partial charge < -0.3 is 19.8 Å². The number of amides is 1. The van der Waals surface area contributed by atoms with E-state index in [9.17, 15) is 9.90 Å². The number of nitrogens with one attached hydrogen (secondary N) is 1. The first-order valence-corrected chi connectivity index (χ1v) is 8.72. The summed E-state index contributed by atoms with van der Waals surface area (Å²) >= 11 is 0. The van der Waals surface area contributed by atoms with Gasteiger partial charge >= 0.3 is 0 Å². The van der Waals surface area contributed by atoms with E-state index < -0.39 is 6.10 Å². The summed E-state index contributed by atoms with van der Waals surface area (Å²) in [6.45, 7) is 6.03. The molecule has 0 bridgehead atoms. The Morgan fingerprint density at radius 3 is 2.60 bits per heavy atom. The molecular formula is C19H25N3O3. The lowest BCUT2D eigenvalue weighted by atomic mass is 9.95. The Morgan fingerprint density at radius 2 is 2.00 bits per heavy atom. The van der Waals surface area contributed by atoms with E-state index in [-0.39, 0.29) is 11.8 Å². The SMILES string of the molecule is Cc1ccc(C(O)CN2CCC(C(=O)Nc3cc(C)on3)CC2)cc1. The van der Waals surface area contributed by atoms with Crippen LogP contribution >= 0.6 is 0 Å². The molecule has 134 valence electrons. The number of nitrogens with zero attached hydrogens (tertiary/aromatic N) is 2. The highest BCUT2D eigenvalue weighted by Gasteiger charge is 2.26. The molecule has 1 aliphatic rings. The molecule has 1 unspecified atom stereocenters. The number of benzene rings is 1. The van der Waals surface area contributed by atoms with Gasteiger partial charge in [0.1, 0.15) is 5.76 Å². The molecule has 0 aliphatic carbocycles. The maximum Gasteiger partial charge on any atom is 0.228 e. The van der Waals surface area contributed by atoms with Crippen molar-refractivity contribution in [2.75, 3.05) is 25.0 Å². The normalized spacial score (nSPS) is 17.4. The number of likely N-dealkylation sites (tertiary alicyclic amines) is 1. The van der Waals surface area contributed by atoms with Gasteiger partial charge in [0, 0.05) is 18.5 Å². The standard InChI is InChI=1S/C19H25N3O3/c1-13-3-5-15(6-4-13)17(23)12-22-9-7-16(8-10-22)19(24)20-18-11-14(2)25-21-18/h3-6,11,16-17,23H,7-10,12H2,1-2H3,(H,20,21,24). The van der Waals surface area contributed by atoms with Crippen LogP contribution in [0.5, 0.6) is 0 Å². The monoisotopic (exact) mass is 343 g/mol. The van der Waals surface area contributed by atoms with Gasteiger partial charge in [0.2, 0.25) is 5.91 Å². The summed E-state index contributed by atoms with van der Waals surface area (Å²) in [5, 5.41) is 17.0. The van der Waals surface area contributed by atoms with Crippen LogP contribution in [-0.4, -0.2) is 40.7 Å². The van der Waals surface area contributed by atoms with E-state index >= 15 is 0 Å². The van der Waals surface area contributed by atoms with Crippen molar-refractivity contribution in [3.63, 3.8) is 0 Å². The molecule has 0 radical (unpaired) electrons. The van der Waals surface area contributed by atoms with E-state index in [1.807, 2.05) is 31.2 Å². The number of rotatable bonds is 5. The fourth-order valence-electron chi connectivity index (χ4n) is 3.17. The van der Waals surface area contributed by atoms with Gasteiger partial charge in [0.25, 0.3) is 0 Å². The molecule has 2 N–H and O–H groups in total. The molecule has 1 aromatic carbocycles. The van der Waals surface area contributed by atoms with Crippen molar-refractivity contribution < 1.29 is 14.4 Å². The molecule has 3 rings (SSSR count). The minimum atomic E-state index is -0.496. The van der Waals surface area contributed by atoms with Crippen molar-refractivity contribution in [2.24, 2.45) is 5.92 Å². The average molecular weight is 343 g/mol. The first-order valence-electron chi connectivity index (χ1n) is 8.72. The molecule has 1 aliphatic heterocycles. The molecule has 25 heavy (non-hydrogen) atoms. The molecule has 6 nitrogen and oxygen atoms in total. The van der Waals surface area contributed by atoms with Crippen molar-refractivity contribution in [1.82, 2.24) is 10.1 Å². The van der Waals surface area contributed by atoms with Crippen LogP contribution in [0.1, 0.15) is 35.8 Å². The van der Waals surface area contributed by atoms with Gasteiger partial charge in [-0.05, 0) is 45.3 Å². The summed E-state index contributed by atoms with van der Waals surface area (Å²) in [6.07, 6.45) is 1.07. The van der Waals surface area contributed by atoms with Crippen LogP contribution in [0.3, 0.4) is 0 Å². The van der Waals surface area contributed by atoms with Gasteiger partial charge in [-0.1, -0.05) is 35.0 Å². The lowest BCUT2D eigenvalue weighted by Crippen LogP contribution is -2.40. The largest absolute Gasteiger partial charge is 0.387 e. The van der Waals surface area contributed by atoms with Crippen molar-refractivity contribution in [1.29, 1.82) is 0 Å². The van der Waals surface area contributed by atoms with Crippen molar-refractivity contribution in [3.8, 4) is 0 Å². The van der Waals surface area contributed by atoms with E-state index in [4.69, 9.17) is 4.52 Å². The number of aromatic nitrogens is 1. The molecule has 2 aromatic rings. The Hall–Kier alpha value is -2.18. The minimum absolute atomic E-state index is 0.00738. The quantitative estimate of drug-likeness (QED) is 0.873. The lowest BCUT2D eigenvalue weighted by molar-refractivity contribution is -0.121. The zero-order valence-corrected chi connectivity index (χ0v) is 14.7. The van der Waals surface area contributed by atoms with Gasteiger partial charge in [-0.15, -0.1) is 0 Å². The smallest absolute Gasteiger partial charge is 0.228 e. The molecule has 0 saturated carbocycles. The summed E-state index contributed by atoms with van der Waals surface area (Å²) in [6, 6.07) is 9.69. The highest BCUT2D eigenvalue weighted by molar-refractivity contribution is 5.91. The zero-order valence-electron chi connectivity index (χ0n) is 14.7. The number of hydrogen-bond acceptors (Lipinski definition) is 5. The van der Waals surface area contributed by atoms with E-state index in [1.165, 1.54) is 5.56 Å². The number of piperidine rings is 1. The van der Waals surface area contributed by atoms with Crippen LogP contribution < -0.4 is 5.32 Å². The Kier molecular flexibility index (Phi) is 5.50. The third kappa shape index (κ3) is 4.67. The Morgan fingerprint density at radius 1 is 1.32 bits per heavy atom. The van der Waals surface area contributed by atoms with Crippen molar-refractivity contribution in [2.45, 2.75) is 32.8 Å². The highest BCUT2D eigenvalue weighted by atomic mass is 16.5.